The molecule has 1 atom stereocenters. The molecule has 0 radical (unpaired) electrons. The molecule has 1 aromatic carbocycles. The molecule has 2 aromatic rings. The highest BCUT2D eigenvalue weighted by molar-refractivity contribution is 5.88. The second kappa shape index (κ2) is 5.63. The minimum absolute atomic E-state index is 0.124. The lowest BCUT2D eigenvalue weighted by molar-refractivity contribution is -0.142. The molecule has 1 unspecified atom stereocenters. The van der Waals surface area contributed by atoms with E-state index in [1.807, 2.05) is 30.5 Å². The van der Waals surface area contributed by atoms with Crippen LogP contribution in [0.2, 0.25) is 0 Å². The van der Waals surface area contributed by atoms with Gasteiger partial charge in [0.15, 0.2) is 0 Å². The number of hydrogen-bond acceptors (Lipinski definition) is 3. The second-order valence-electron chi connectivity index (χ2n) is 5.56. The SMILES string of the molecule is CC(=O)Nc1cccc(-n2cc3c(n2)CCC(C(=O)O)C3)c1. The van der Waals surface area contributed by atoms with Gasteiger partial charge in [-0.3, -0.25) is 9.59 Å². The van der Waals surface area contributed by atoms with Crippen LogP contribution in [-0.4, -0.2) is 26.8 Å². The predicted molar refractivity (Wildman–Crippen MR) is 81.0 cm³/mol. The Labute approximate surface area is 127 Å². The van der Waals surface area contributed by atoms with Crippen molar-refractivity contribution in [3.8, 4) is 5.69 Å². The zero-order valence-corrected chi connectivity index (χ0v) is 12.2. The van der Waals surface area contributed by atoms with Gasteiger partial charge in [0.05, 0.1) is 17.3 Å². The lowest BCUT2D eigenvalue weighted by atomic mass is 9.88. The summed E-state index contributed by atoms with van der Waals surface area (Å²) in [5, 5.41) is 16.4. The van der Waals surface area contributed by atoms with Crippen LogP contribution in [0.25, 0.3) is 5.69 Å². The van der Waals surface area contributed by atoms with Crippen molar-refractivity contribution in [2.75, 3.05) is 5.32 Å². The number of fused-ring (bicyclic) bond motifs is 1. The van der Waals surface area contributed by atoms with Crippen LogP contribution < -0.4 is 5.32 Å². The lowest BCUT2D eigenvalue weighted by Gasteiger charge is -2.16. The van der Waals surface area contributed by atoms with Gasteiger partial charge in [-0.2, -0.15) is 5.10 Å². The van der Waals surface area contributed by atoms with Gasteiger partial charge in [0.2, 0.25) is 5.91 Å². The van der Waals surface area contributed by atoms with Crippen LogP contribution in [0.3, 0.4) is 0 Å². The Morgan fingerprint density at radius 1 is 1.41 bits per heavy atom. The number of nitrogens with one attached hydrogen (secondary N) is 1. The molecule has 1 heterocycles. The van der Waals surface area contributed by atoms with Crippen LogP contribution in [0.4, 0.5) is 5.69 Å². The molecule has 6 heteroatoms. The zero-order chi connectivity index (χ0) is 15.7. The summed E-state index contributed by atoms with van der Waals surface area (Å²) in [5.74, 6) is -1.19. The van der Waals surface area contributed by atoms with E-state index in [0.717, 1.165) is 16.9 Å². The summed E-state index contributed by atoms with van der Waals surface area (Å²) < 4.78 is 1.75. The predicted octanol–water partition coefficient (Wildman–Crippen LogP) is 2.02. The minimum Gasteiger partial charge on any atom is -0.481 e. The van der Waals surface area contributed by atoms with Crippen molar-refractivity contribution in [1.29, 1.82) is 0 Å². The van der Waals surface area contributed by atoms with Crippen LogP contribution in [-0.2, 0) is 22.4 Å². The average Bonchev–Trinajstić information content (AvgIpc) is 2.89. The Hall–Kier alpha value is -2.63. The van der Waals surface area contributed by atoms with E-state index in [2.05, 4.69) is 10.4 Å². The van der Waals surface area contributed by atoms with Gasteiger partial charge in [-0.1, -0.05) is 6.07 Å². The Morgan fingerprint density at radius 3 is 2.95 bits per heavy atom. The van der Waals surface area contributed by atoms with Crippen LogP contribution in [0.15, 0.2) is 30.5 Å². The summed E-state index contributed by atoms with van der Waals surface area (Å²) in [7, 11) is 0. The van der Waals surface area contributed by atoms with Gasteiger partial charge in [0.1, 0.15) is 0 Å². The number of carbonyl (C=O) groups excluding carboxylic acids is 1. The maximum atomic E-state index is 11.1. The molecule has 1 aliphatic rings. The maximum Gasteiger partial charge on any atom is 0.306 e. The zero-order valence-electron chi connectivity index (χ0n) is 12.2. The van der Waals surface area contributed by atoms with Crippen molar-refractivity contribution in [3.05, 3.63) is 41.7 Å². The topological polar surface area (TPSA) is 84.2 Å². The molecule has 0 saturated heterocycles. The van der Waals surface area contributed by atoms with Crippen molar-refractivity contribution < 1.29 is 14.7 Å². The number of aliphatic carboxylic acids is 1. The first-order chi connectivity index (χ1) is 10.5. The first kappa shape index (κ1) is 14.3. The third-order valence-electron chi connectivity index (χ3n) is 3.85. The number of hydrogen-bond donors (Lipinski definition) is 2. The van der Waals surface area contributed by atoms with Gasteiger partial charge in [-0.25, -0.2) is 4.68 Å². The van der Waals surface area contributed by atoms with Gasteiger partial charge < -0.3 is 10.4 Å². The van der Waals surface area contributed by atoms with Crippen LogP contribution in [0.1, 0.15) is 24.6 Å². The lowest BCUT2D eigenvalue weighted by Crippen LogP contribution is -2.21. The number of aromatic nitrogens is 2. The van der Waals surface area contributed by atoms with E-state index in [9.17, 15) is 9.59 Å². The Kier molecular flexibility index (Phi) is 3.66. The molecular weight excluding hydrogens is 282 g/mol. The standard InChI is InChI=1S/C16H17N3O3/c1-10(20)17-13-3-2-4-14(8-13)19-9-12-7-11(16(21)22)5-6-15(12)18-19/h2-4,8-9,11H,5-7H2,1H3,(H,17,20)(H,21,22). The van der Waals surface area contributed by atoms with E-state index in [-0.39, 0.29) is 11.8 Å². The van der Waals surface area contributed by atoms with Gasteiger partial charge in [-0.15, -0.1) is 0 Å². The molecule has 3 rings (SSSR count). The molecule has 114 valence electrons. The largest absolute Gasteiger partial charge is 0.481 e. The van der Waals surface area contributed by atoms with Crippen molar-refractivity contribution >= 4 is 17.6 Å². The number of aryl methyl sites for hydroxylation is 1. The molecule has 6 nitrogen and oxygen atoms in total. The third kappa shape index (κ3) is 2.86. The Bertz CT molecular complexity index is 736. The number of anilines is 1. The van der Waals surface area contributed by atoms with E-state index in [4.69, 9.17) is 5.11 Å². The van der Waals surface area contributed by atoms with Crippen molar-refractivity contribution in [2.45, 2.75) is 26.2 Å². The minimum atomic E-state index is -0.744. The van der Waals surface area contributed by atoms with E-state index in [0.29, 0.717) is 24.9 Å². The fourth-order valence-electron chi connectivity index (χ4n) is 2.78. The van der Waals surface area contributed by atoms with E-state index >= 15 is 0 Å². The Balaban J connectivity index is 1.88. The number of amides is 1. The summed E-state index contributed by atoms with van der Waals surface area (Å²) in [6.07, 6.45) is 3.73. The molecular formula is C16H17N3O3. The summed E-state index contributed by atoms with van der Waals surface area (Å²) in [4.78, 5) is 22.3. The number of carboxylic acid groups (broad SMARTS) is 1. The fraction of sp³-hybridized carbons (Fsp3) is 0.312. The fourth-order valence-corrected chi connectivity index (χ4v) is 2.78. The molecule has 1 aromatic heterocycles. The highest BCUT2D eigenvalue weighted by Crippen LogP contribution is 2.26. The van der Waals surface area contributed by atoms with E-state index < -0.39 is 5.97 Å². The summed E-state index contributed by atoms with van der Waals surface area (Å²) in [6.45, 7) is 1.46. The molecule has 0 fully saturated rings. The monoisotopic (exact) mass is 299 g/mol. The molecule has 1 aliphatic carbocycles. The van der Waals surface area contributed by atoms with Crippen LogP contribution >= 0.6 is 0 Å². The number of carbonyl (C=O) groups is 2. The highest BCUT2D eigenvalue weighted by atomic mass is 16.4. The highest BCUT2D eigenvalue weighted by Gasteiger charge is 2.26. The summed E-state index contributed by atoms with van der Waals surface area (Å²) >= 11 is 0. The van der Waals surface area contributed by atoms with Crippen molar-refractivity contribution in [1.82, 2.24) is 9.78 Å². The van der Waals surface area contributed by atoms with Gasteiger partial charge >= 0.3 is 5.97 Å². The van der Waals surface area contributed by atoms with E-state index in [1.165, 1.54) is 6.92 Å². The van der Waals surface area contributed by atoms with Crippen molar-refractivity contribution in [3.63, 3.8) is 0 Å². The first-order valence-electron chi connectivity index (χ1n) is 7.21. The van der Waals surface area contributed by atoms with Crippen molar-refractivity contribution in [2.24, 2.45) is 5.92 Å². The molecule has 0 saturated carbocycles. The van der Waals surface area contributed by atoms with Crippen LogP contribution in [0, 0.1) is 5.92 Å². The molecule has 0 spiro atoms. The number of nitrogens with zero attached hydrogens (tertiary/aromatic N) is 2. The average molecular weight is 299 g/mol. The molecule has 0 bridgehead atoms. The molecule has 1 amide bonds. The van der Waals surface area contributed by atoms with Gasteiger partial charge in [-0.05, 0) is 43.0 Å². The number of benzene rings is 1. The second-order valence-corrected chi connectivity index (χ2v) is 5.56. The summed E-state index contributed by atoms with van der Waals surface area (Å²) in [5.41, 5.74) is 3.50. The smallest absolute Gasteiger partial charge is 0.306 e. The maximum absolute atomic E-state index is 11.1. The Morgan fingerprint density at radius 2 is 2.23 bits per heavy atom. The van der Waals surface area contributed by atoms with E-state index in [1.54, 1.807) is 4.68 Å². The number of carboxylic acids is 1. The van der Waals surface area contributed by atoms with Gasteiger partial charge in [0.25, 0.3) is 0 Å². The molecule has 2 N–H and O–H groups in total. The first-order valence-corrected chi connectivity index (χ1v) is 7.21. The quantitative estimate of drug-likeness (QED) is 0.908. The van der Waals surface area contributed by atoms with Crippen LogP contribution in [0.5, 0.6) is 0 Å². The normalized spacial score (nSPS) is 16.9. The third-order valence-corrected chi connectivity index (χ3v) is 3.85. The number of rotatable bonds is 3. The molecule has 0 aliphatic heterocycles. The summed E-state index contributed by atoms with van der Waals surface area (Å²) in [6, 6.07) is 7.41. The van der Waals surface area contributed by atoms with Gasteiger partial charge in [0, 0.05) is 18.8 Å². The molecule has 22 heavy (non-hydrogen) atoms.